The molecular weight excluding hydrogens is 352 g/mol. The van der Waals surface area contributed by atoms with Crippen molar-refractivity contribution in [3.63, 3.8) is 0 Å². The summed E-state index contributed by atoms with van der Waals surface area (Å²) in [6.45, 7) is 14.9. The smallest absolute Gasteiger partial charge is 0.325 e. The van der Waals surface area contributed by atoms with E-state index in [1.165, 1.54) is 5.56 Å². The number of rotatable bonds is 4. The first-order valence-electron chi connectivity index (χ1n) is 10.2. The largest absolute Gasteiger partial charge is 0.493 e. The summed E-state index contributed by atoms with van der Waals surface area (Å²) < 4.78 is 5.95. The summed E-state index contributed by atoms with van der Waals surface area (Å²) in [5.74, 6) is 1.44. The van der Waals surface area contributed by atoms with Gasteiger partial charge in [-0.3, -0.25) is 9.89 Å². The highest BCUT2D eigenvalue weighted by Crippen LogP contribution is 2.30. The van der Waals surface area contributed by atoms with Crippen LogP contribution < -0.4 is 4.74 Å². The van der Waals surface area contributed by atoms with Crippen LogP contribution in [-0.4, -0.2) is 80.0 Å². The summed E-state index contributed by atoms with van der Waals surface area (Å²) in [5.41, 5.74) is 2.08. The first-order chi connectivity index (χ1) is 13.2. The number of urea groups is 1. The number of amidine groups is 1. The Bertz CT molecular complexity index is 701. The van der Waals surface area contributed by atoms with E-state index >= 15 is 0 Å². The molecule has 0 unspecified atom stereocenters. The van der Waals surface area contributed by atoms with Crippen LogP contribution >= 0.6 is 0 Å². The van der Waals surface area contributed by atoms with Crippen molar-refractivity contribution in [2.24, 2.45) is 4.99 Å². The molecule has 0 bridgehead atoms. The fourth-order valence-corrected chi connectivity index (χ4v) is 3.38. The number of carbonyl (C=O) groups excluding carboxylic acids is 1. The van der Waals surface area contributed by atoms with Crippen LogP contribution in [0.2, 0.25) is 0 Å². The Balaban J connectivity index is 2.37. The number of piperazine rings is 1. The molecule has 1 aromatic rings. The molecule has 0 aromatic heterocycles. The number of benzene rings is 1. The predicted molar refractivity (Wildman–Crippen MR) is 116 cm³/mol. The molecule has 0 atom stereocenters. The Labute approximate surface area is 170 Å². The molecule has 1 aromatic carbocycles. The van der Waals surface area contributed by atoms with Crippen molar-refractivity contribution in [3.05, 3.63) is 29.3 Å². The Morgan fingerprint density at radius 2 is 1.82 bits per heavy atom. The lowest BCUT2D eigenvalue weighted by atomic mass is 9.86. The Morgan fingerprint density at radius 3 is 2.32 bits per heavy atom. The second-order valence-electron chi connectivity index (χ2n) is 8.26. The molecule has 28 heavy (non-hydrogen) atoms. The maximum Gasteiger partial charge on any atom is 0.325 e. The predicted octanol–water partition coefficient (Wildman–Crippen LogP) is 3.45. The van der Waals surface area contributed by atoms with E-state index in [1.807, 2.05) is 24.8 Å². The van der Waals surface area contributed by atoms with Gasteiger partial charge < -0.3 is 14.5 Å². The van der Waals surface area contributed by atoms with Crippen LogP contribution in [0.15, 0.2) is 23.2 Å². The van der Waals surface area contributed by atoms with Crippen LogP contribution in [0, 0.1) is 0 Å². The third-order valence-electron chi connectivity index (χ3n) is 5.18. The number of carbonyl (C=O) groups is 1. The minimum absolute atomic E-state index is 0.0125. The average molecular weight is 389 g/mol. The Kier molecular flexibility index (Phi) is 7.47. The number of amides is 2. The SMILES string of the molecule is CCOc1cc(C(C)(C)C)ccc1C(=NC)N(CC)C(=O)N1CCN(C)CC1. The molecule has 0 radical (unpaired) electrons. The molecule has 0 saturated carbocycles. The van der Waals surface area contributed by atoms with Gasteiger partial charge in [0.25, 0.3) is 0 Å². The minimum atomic E-state index is 0.0125. The fraction of sp³-hybridized carbons (Fsp3) is 0.636. The van der Waals surface area contributed by atoms with Gasteiger partial charge in [0.05, 0.1) is 12.2 Å². The van der Waals surface area contributed by atoms with E-state index in [-0.39, 0.29) is 11.4 Å². The van der Waals surface area contributed by atoms with E-state index in [9.17, 15) is 4.79 Å². The zero-order valence-electron chi connectivity index (χ0n) is 18.6. The van der Waals surface area contributed by atoms with E-state index in [0.717, 1.165) is 37.5 Å². The number of hydrogen-bond donors (Lipinski definition) is 0. The maximum atomic E-state index is 13.2. The van der Waals surface area contributed by atoms with Gasteiger partial charge in [-0.15, -0.1) is 0 Å². The lowest BCUT2D eigenvalue weighted by molar-refractivity contribution is 0.139. The van der Waals surface area contributed by atoms with Crippen LogP contribution in [0.25, 0.3) is 0 Å². The number of ether oxygens (including phenoxy) is 1. The number of aliphatic imine (C=N–C) groups is 1. The minimum Gasteiger partial charge on any atom is -0.493 e. The molecule has 0 N–H and O–H groups in total. The second kappa shape index (κ2) is 9.41. The van der Waals surface area contributed by atoms with Gasteiger partial charge >= 0.3 is 6.03 Å². The second-order valence-corrected chi connectivity index (χ2v) is 8.26. The third-order valence-corrected chi connectivity index (χ3v) is 5.18. The lowest BCUT2D eigenvalue weighted by Gasteiger charge is -2.36. The summed E-state index contributed by atoms with van der Waals surface area (Å²) in [4.78, 5) is 23.6. The van der Waals surface area contributed by atoms with Crippen molar-refractivity contribution >= 4 is 11.9 Å². The van der Waals surface area contributed by atoms with Crippen molar-refractivity contribution in [3.8, 4) is 5.75 Å². The zero-order valence-corrected chi connectivity index (χ0v) is 18.6. The van der Waals surface area contributed by atoms with Crippen molar-refractivity contribution in [1.29, 1.82) is 0 Å². The van der Waals surface area contributed by atoms with Gasteiger partial charge in [0.15, 0.2) is 0 Å². The van der Waals surface area contributed by atoms with Gasteiger partial charge in [-0.2, -0.15) is 0 Å². The molecule has 156 valence electrons. The molecule has 1 saturated heterocycles. The van der Waals surface area contributed by atoms with E-state index in [0.29, 0.717) is 19.0 Å². The van der Waals surface area contributed by atoms with Crippen LogP contribution in [-0.2, 0) is 5.41 Å². The summed E-state index contributed by atoms with van der Waals surface area (Å²) in [6, 6.07) is 6.24. The molecule has 6 nitrogen and oxygen atoms in total. The van der Waals surface area contributed by atoms with Crippen LogP contribution in [0.3, 0.4) is 0 Å². The number of nitrogens with zero attached hydrogens (tertiary/aromatic N) is 4. The zero-order chi connectivity index (χ0) is 20.9. The van der Waals surface area contributed by atoms with Crippen LogP contribution in [0.1, 0.15) is 45.7 Å². The quantitative estimate of drug-likeness (QED) is 0.586. The standard InChI is InChI=1S/C22H36N4O2/c1-8-26(21(27)25-14-12-24(7)13-15-25)20(23-6)18-11-10-17(22(3,4)5)16-19(18)28-9-2/h10-11,16H,8-9,12-15H2,1-7H3. The molecule has 6 heteroatoms. The molecule has 1 heterocycles. The highest BCUT2D eigenvalue weighted by Gasteiger charge is 2.28. The van der Waals surface area contributed by atoms with Crippen molar-refractivity contribution in [2.45, 2.75) is 40.0 Å². The summed E-state index contributed by atoms with van der Waals surface area (Å²) >= 11 is 0. The van der Waals surface area contributed by atoms with Gasteiger partial charge in [-0.25, -0.2) is 4.79 Å². The highest BCUT2D eigenvalue weighted by atomic mass is 16.5. The Hall–Kier alpha value is -2.08. The molecule has 1 aliphatic heterocycles. The van der Waals surface area contributed by atoms with Crippen LogP contribution in [0.4, 0.5) is 4.79 Å². The third kappa shape index (κ3) is 5.04. The van der Waals surface area contributed by atoms with E-state index in [4.69, 9.17) is 4.74 Å². The fourth-order valence-electron chi connectivity index (χ4n) is 3.38. The monoisotopic (exact) mass is 388 g/mol. The van der Waals surface area contributed by atoms with Crippen molar-refractivity contribution in [1.82, 2.24) is 14.7 Å². The first kappa shape index (κ1) is 22.2. The molecule has 1 fully saturated rings. The van der Waals surface area contributed by atoms with Gasteiger partial charge in [0.2, 0.25) is 0 Å². The normalized spacial score (nSPS) is 16.2. The molecule has 1 aliphatic rings. The van der Waals surface area contributed by atoms with Gasteiger partial charge in [-0.1, -0.05) is 26.8 Å². The van der Waals surface area contributed by atoms with Gasteiger partial charge in [-0.05, 0) is 44.0 Å². The molecule has 2 rings (SSSR count). The number of hydrogen-bond acceptors (Lipinski definition) is 4. The van der Waals surface area contributed by atoms with E-state index in [1.54, 1.807) is 11.9 Å². The summed E-state index contributed by atoms with van der Waals surface area (Å²) in [7, 11) is 3.83. The average Bonchev–Trinajstić information content (AvgIpc) is 2.66. The maximum absolute atomic E-state index is 13.2. The summed E-state index contributed by atoms with van der Waals surface area (Å²) in [5, 5.41) is 0. The lowest BCUT2D eigenvalue weighted by Crippen LogP contribution is -2.53. The van der Waals surface area contributed by atoms with Crippen molar-refractivity contribution < 1.29 is 9.53 Å². The van der Waals surface area contributed by atoms with E-state index < -0.39 is 0 Å². The molecular formula is C22H36N4O2. The summed E-state index contributed by atoms with van der Waals surface area (Å²) in [6.07, 6.45) is 0. The van der Waals surface area contributed by atoms with Gasteiger partial charge in [0, 0.05) is 39.8 Å². The van der Waals surface area contributed by atoms with E-state index in [2.05, 4.69) is 49.8 Å². The number of likely N-dealkylation sites (N-methyl/N-ethyl adjacent to an activating group) is 1. The van der Waals surface area contributed by atoms with Crippen LogP contribution in [0.5, 0.6) is 5.75 Å². The first-order valence-corrected chi connectivity index (χ1v) is 10.2. The molecule has 0 aliphatic carbocycles. The molecule has 2 amide bonds. The molecule has 0 spiro atoms. The highest BCUT2D eigenvalue weighted by molar-refractivity contribution is 6.09. The van der Waals surface area contributed by atoms with Crippen molar-refractivity contribution in [2.75, 3.05) is 53.4 Å². The topological polar surface area (TPSA) is 48.4 Å². The Morgan fingerprint density at radius 1 is 1.18 bits per heavy atom. The van der Waals surface area contributed by atoms with Gasteiger partial charge in [0.1, 0.15) is 11.6 Å².